The molecule has 88 valence electrons. The predicted octanol–water partition coefficient (Wildman–Crippen LogP) is 4.73. The highest BCUT2D eigenvalue weighted by atomic mass is 35.5. The van der Waals surface area contributed by atoms with E-state index in [0.29, 0.717) is 26.2 Å². The summed E-state index contributed by atoms with van der Waals surface area (Å²) in [6, 6.07) is 12.2. The lowest BCUT2D eigenvalue weighted by atomic mass is 10.0. The van der Waals surface area contributed by atoms with Gasteiger partial charge in [0.05, 0.1) is 10.0 Å². The van der Waals surface area contributed by atoms with Crippen molar-refractivity contribution in [2.24, 2.45) is 0 Å². The molecule has 2 aromatic rings. The third-order valence-electron chi connectivity index (χ3n) is 2.46. The lowest BCUT2D eigenvalue weighted by Gasteiger charge is -2.13. The van der Waals surface area contributed by atoms with Crippen LogP contribution in [-0.2, 0) is 0 Å². The standard InChI is InChI=1S/C13H9Cl3O/c14-10-4-2-1-3-9(10)13(17)8-5-6-11(15)12(16)7-8/h1-7,13,17H. The van der Waals surface area contributed by atoms with Gasteiger partial charge in [-0.1, -0.05) is 59.1 Å². The van der Waals surface area contributed by atoms with Crippen LogP contribution in [0.1, 0.15) is 17.2 Å². The Morgan fingerprint density at radius 3 is 2.18 bits per heavy atom. The summed E-state index contributed by atoms with van der Waals surface area (Å²) in [7, 11) is 0. The molecular formula is C13H9Cl3O. The molecule has 1 nitrogen and oxygen atoms in total. The Kier molecular flexibility index (Phi) is 3.95. The van der Waals surface area contributed by atoms with Gasteiger partial charge in [0.15, 0.2) is 0 Å². The van der Waals surface area contributed by atoms with Gasteiger partial charge < -0.3 is 5.11 Å². The first-order valence-electron chi connectivity index (χ1n) is 4.97. The minimum Gasteiger partial charge on any atom is -0.384 e. The summed E-state index contributed by atoms with van der Waals surface area (Å²) in [4.78, 5) is 0. The fraction of sp³-hybridized carbons (Fsp3) is 0.0769. The third-order valence-corrected chi connectivity index (χ3v) is 3.54. The van der Waals surface area contributed by atoms with Gasteiger partial charge >= 0.3 is 0 Å². The average Bonchev–Trinajstić information content (AvgIpc) is 2.32. The van der Waals surface area contributed by atoms with Crippen LogP contribution in [0, 0.1) is 0 Å². The van der Waals surface area contributed by atoms with E-state index in [0.717, 1.165) is 0 Å². The van der Waals surface area contributed by atoms with E-state index in [9.17, 15) is 5.11 Å². The van der Waals surface area contributed by atoms with Crippen molar-refractivity contribution in [3.8, 4) is 0 Å². The van der Waals surface area contributed by atoms with Gasteiger partial charge in [-0.25, -0.2) is 0 Å². The van der Waals surface area contributed by atoms with E-state index in [1.54, 1.807) is 30.3 Å². The average molecular weight is 288 g/mol. The molecule has 0 aliphatic rings. The second-order valence-electron chi connectivity index (χ2n) is 3.60. The smallest absolute Gasteiger partial charge is 0.106 e. The van der Waals surface area contributed by atoms with Gasteiger partial charge in [-0.2, -0.15) is 0 Å². The van der Waals surface area contributed by atoms with Gasteiger partial charge in [0.1, 0.15) is 6.10 Å². The molecule has 0 aliphatic carbocycles. The van der Waals surface area contributed by atoms with Gasteiger partial charge in [0.25, 0.3) is 0 Å². The zero-order chi connectivity index (χ0) is 12.4. The minimum absolute atomic E-state index is 0.412. The van der Waals surface area contributed by atoms with Crippen molar-refractivity contribution in [1.29, 1.82) is 0 Å². The number of halogens is 3. The zero-order valence-electron chi connectivity index (χ0n) is 8.70. The Morgan fingerprint density at radius 1 is 0.824 bits per heavy atom. The largest absolute Gasteiger partial charge is 0.384 e. The molecule has 0 bridgehead atoms. The van der Waals surface area contributed by atoms with E-state index in [-0.39, 0.29) is 0 Å². The molecule has 0 fully saturated rings. The number of hydrogen-bond acceptors (Lipinski definition) is 1. The van der Waals surface area contributed by atoms with Crippen molar-refractivity contribution in [3.63, 3.8) is 0 Å². The molecule has 1 unspecified atom stereocenters. The van der Waals surface area contributed by atoms with Gasteiger partial charge in [-0.3, -0.25) is 0 Å². The van der Waals surface area contributed by atoms with E-state index < -0.39 is 6.10 Å². The fourth-order valence-electron chi connectivity index (χ4n) is 1.56. The molecule has 0 amide bonds. The first-order chi connectivity index (χ1) is 8.09. The van der Waals surface area contributed by atoms with Crippen LogP contribution >= 0.6 is 34.8 Å². The monoisotopic (exact) mass is 286 g/mol. The molecule has 2 rings (SSSR count). The Balaban J connectivity index is 2.40. The minimum atomic E-state index is -0.807. The summed E-state index contributed by atoms with van der Waals surface area (Å²) in [5.41, 5.74) is 1.31. The molecule has 17 heavy (non-hydrogen) atoms. The zero-order valence-corrected chi connectivity index (χ0v) is 11.0. The predicted molar refractivity (Wildman–Crippen MR) is 72.0 cm³/mol. The fourth-order valence-corrected chi connectivity index (χ4v) is 2.10. The van der Waals surface area contributed by atoms with Gasteiger partial charge in [-0.05, 0) is 23.8 Å². The van der Waals surface area contributed by atoms with Crippen LogP contribution in [0.4, 0.5) is 0 Å². The van der Waals surface area contributed by atoms with Crippen molar-refractivity contribution in [1.82, 2.24) is 0 Å². The van der Waals surface area contributed by atoms with Crippen molar-refractivity contribution in [2.75, 3.05) is 0 Å². The molecule has 0 aliphatic heterocycles. The van der Waals surface area contributed by atoms with Crippen molar-refractivity contribution in [3.05, 3.63) is 68.7 Å². The van der Waals surface area contributed by atoms with Gasteiger partial charge in [0.2, 0.25) is 0 Å². The van der Waals surface area contributed by atoms with Crippen LogP contribution < -0.4 is 0 Å². The number of hydrogen-bond donors (Lipinski definition) is 1. The lowest BCUT2D eigenvalue weighted by molar-refractivity contribution is 0.220. The second-order valence-corrected chi connectivity index (χ2v) is 4.82. The van der Waals surface area contributed by atoms with E-state index in [2.05, 4.69) is 0 Å². The Bertz CT molecular complexity index is 540. The van der Waals surface area contributed by atoms with Crippen LogP contribution in [0.3, 0.4) is 0 Å². The van der Waals surface area contributed by atoms with E-state index in [1.165, 1.54) is 0 Å². The first-order valence-corrected chi connectivity index (χ1v) is 6.10. The summed E-state index contributed by atoms with van der Waals surface area (Å²) in [6.07, 6.45) is -0.807. The molecule has 0 saturated carbocycles. The Hall–Kier alpha value is -0.730. The van der Waals surface area contributed by atoms with E-state index in [1.807, 2.05) is 12.1 Å². The van der Waals surface area contributed by atoms with Crippen LogP contribution in [0.25, 0.3) is 0 Å². The van der Waals surface area contributed by atoms with Crippen LogP contribution in [0.2, 0.25) is 15.1 Å². The first kappa shape index (κ1) is 12.7. The highest BCUT2D eigenvalue weighted by molar-refractivity contribution is 6.42. The van der Waals surface area contributed by atoms with Gasteiger partial charge in [0, 0.05) is 10.6 Å². The molecule has 4 heteroatoms. The highest BCUT2D eigenvalue weighted by Crippen LogP contribution is 2.31. The molecule has 0 heterocycles. The van der Waals surface area contributed by atoms with Crippen molar-refractivity contribution < 1.29 is 5.11 Å². The quantitative estimate of drug-likeness (QED) is 0.846. The molecule has 1 atom stereocenters. The maximum absolute atomic E-state index is 10.2. The Labute approximate surface area is 115 Å². The number of aliphatic hydroxyl groups excluding tert-OH is 1. The van der Waals surface area contributed by atoms with E-state index in [4.69, 9.17) is 34.8 Å². The Morgan fingerprint density at radius 2 is 1.53 bits per heavy atom. The number of aliphatic hydroxyl groups is 1. The topological polar surface area (TPSA) is 20.2 Å². The summed E-state index contributed by atoms with van der Waals surface area (Å²) in [6.45, 7) is 0. The molecular weight excluding hydrogens is 279 g/mol. The maximum Gasteiger partial charge on any atom is 0.106 e. The number of benzene rings is 2. The third kappa shape index (κ3) is 2.75. The SMILES string of the molecule is OC(c1ccc(Cl)c(Cl)c1)c1ccccc1Cl. The second kappa shape index (κ2) is 5.28. The van der Waals surface area contributed by atoms with Crippen molar-refractivity contribution in [2.45, 2.75) is 6.10 Å². The van der Waals surface area contributed by atoms with Crippen LogP contribution in [-0.4, -0.2) is 5.11 Å². The summed E-state index contributed by atoms with van der Waals surface area (Å²) < 4.78 is 0. The summed E-state index contributed by atoms with van der Waals surface area (Å²) in [5.74, 6) is 0. The molecule has 2 aromatic carbocycles. The highest BCUT2D eigenvalue weighted by Gasteiger charge is 2.14. The van der Waals surface area contributed by atoms with Gasteiger partial charge in [-0.15, -0.1) is 0 Å². The lowest BCUT2D eigenvalue weighted by Crippen LogP contribution is -2.00. The number of rotatable bonds is 2. The molecule has 0 saturated heterocycles. The maximum atomic E-state index is 10.2. The van der Waals surface area contributed by atoms with Crippen molar-refractivity contribution >= 4 is 34.8 Å². The molecule has 0 aromatic heterocycles. The van der Waals surface area contributed by atoms with E-state index >= 15 is 0 Å². The summed E-state index contributed by atoms with van der Waals surface area (Å²) in [5, 5.41) is 11.6. The molecule has 0 radical (unpaired) electrons. The van der Waals surface area contributed by atoms with Crippen LogP contribution in [0.5, 0.6) is 0 Å². The molecule has 0 spiro atoms. The normalized spacial score (nSPS) is 12.5. The summed E-state index contributed by atoms with van der Waals surface area (Å²) >= 11 is 17.8. The molecule has 1 N–H and O–H groups in total. The van der Waals surface area contributed by atoms with Crippen LogP contribution in [0.15, 0.2) is 42.5 Å².